The van der Waals surface area contributed by atoms with E-state index >= 15 is 13.2 Å². The van der Waals surface area contributed by atoms with Crippen molar-refractivity contribution in [2.24, 2.45) is 25.9 Å². The summed E-state index contributed by atoms with van der Waals surface area (Å²) in [7, 11) is 3.21. The number of hydrogen-bond acceptors (Lipinski definition) is 11. The molecular formula is C39H40ClF3N10O4. The van der Waals surface area contributed by atoms with E-state index in [-0.39, 0.29) is 52.2 Å². The third kappa shape index (κ3) is 6.54. The van der Waals surface area contributed by atoms with Gasteiger partial charge in [-0.15, -0.1) is 0 Å². The molecule has 14 nitrogen and oxygen atoms in total. The fourth-order valence-electron chi connectivity index (χ4n) is 8.44. The number of benzene rings is 2. The topological polar surface area (TPSA) is 160 Å². The molecule has 5 aromatic rings. The van der Waals surface area contributed by atoms with E-state index in [9.17, 15) is 14.4 Å². The predicted molar refractivity (Wildman–Crippen MR) is 209 cm³/mol. The number of aryl methyl sites for hydroxylation is 2. The lowest BCUT2D eigenvalue weighted by atomic mass is 9.92. The van der Waals surface area contributed by atoms with E-state index in [0.717, 1.165) is 0 Å². The first-order chi connectivity index (χ1) is 27.3. The Hall–Kier alpha value is -5.58. The molecule has 3 aromatic heterocycles. The van der Waals surface area contributed by atoms with Crippen LogP contribution < -0.4 is 36.5 Å². The van der Waals surface area contributed by atoms with Crippen LogP contribution in [-0.2, 0) is 23.7 Å². The average Bonchev–Trinajstić information content (AvgIpc) is 3.97. The number of aromatic nitrogens is 5. The van der Waals surface area contributed by atoms with Gasteiger partial charge in [-0.3, -0.25) is 24.4 Å². The van der Waals surface area contributed by atoms with Crippen LogP contribution in [0.2, 0.25) is 5.02 Å². The van der Waals surface area contributed by atoms with Crippen LogP contribution in [0.25, 0.3) is 21.8 Å². The third-order valence-corrected chi connectivity index (χ3v) is 12.0. The Morgan fingerprint density at radius 1 is 1.05 bits per heavy atom. The first-order valence-electron chi connectivity index (χ1n) is 19.0. The smallest absolute Gasteiger partial charge is 0.301 e. The highest BCUT2D eigenvalue weighted by Gasteiger charge is 2.51. The Morgan fingerprint density at radius 2 is 1.86 bits per heavy atom. The van der Waals surface area contributed by atoms with E-state index in [1.54, 1.807) is 44.4 Å². The van der Waals surface area contributed by atoms with E-state index in [2.05, 4.69) is 38.3 Å². The summed E-state index contributed by atoms with van der Waals surface area (Å²) in [6, 6.07) is 7.44. The zero-order valence-corrected chi connectivity index (χ0v) is 32.1. The lowest BCUT2D eigenvalue weighted by Crippen LogP contribution is -2.46. The van der Waals surface area contributed by atoms with Gasteiger partial charge < -0.3 is 30.2 Å². The van der Waals surface area contributed by atoms with Gasteiger partial charge >= 0.3 is 5.92 Å². The molecule has 1 aliphatic carbocycles. The fraction of sp³-hybridized carbons (Fsp3) is 0.436. The number of nitrogens with one attached hydrogen (secondary N) is 4. The minimum absolute atomic E-state index is 0.0408. The lowest BCUT2D eigenvalue weighted by molar-refractivity contribution is -0.134. The van der Waals surface area contributed by atoms with Gasteiger partial charge in [-0.1, -0.05) is 18.5 Å². The van der Waals surface area contributed by atoms with Crippen LogP contribution in [0.1, 0.15) is 50.6 Å². The first kappa shape index (κ1) is 37.0. The van der Waals surface area contributed by atoms with Crippen molar-refractivity contribution in [1.82, 2.24) is 29.6 Å². The number of carbonyl (C=O) groups excluding carboxylic acids is 2. The number of imide groups is 1. The molecule has 2 amide bonds. The molecule has 0 radical (unpaired) electrons. The number of halogens is 4. The van der Waals surface area contributed by atoms with E-state index in [1.807, 2.05) is 4.90 Å². The molecule has 18 heteroatoms. The fourth-order valence-corrected chi connectivity index (χ4v) is 8.58. The number of amides is 2. The molecule has 0 spiro atoms. The average molecular weight is 805 g/mol. The highest BCUT2D eigenvalue weighted by atomic mass is 35.5. The summed E-state index contributed by atoms with van der Waals surface area (Å²) in [4.78, 5) is 48.8. The molecule has 2 aromatic carbocycles. The van der Waals surface area contributed by atoms with Crippen molar-refractivity contribution in [2.45, 2.75) is 63.0 Å². The van der Waals surface area contributed by atoms with E-state index in [1.165, 1.54) is 15.4 Å². The molecule has 298 valence electrons. The summed E-state index contributed by atoms with van der Waals surface area (Å²) in [6.07, 6.45) is 4.03. The Balaban J connectivity index is 0.923. The summed E-state index contributed by atoms with van der Waals surface area (Å²) in [5.41, 5.74) is 1.88. The molecule has 1 saturated carbocycles. The Morgan fingerprint density at radius 3 is 2.61 bits per heavy atom. The second-order valence-corrected chi connectivity index (χ2v) is 16.0. The number of carbonyl (C=O) groups is 2. The Labute approximate surface area is 329 Å². The predicted octanol–water partition coefficient (Wildman–Crippen LogP) is 5.82. The van der Waals surface area contributed by atoms with Gasteiger partial charge in [0.2, 0.25) is 23.5 Å². The molecule has 3 fully saturated rings. The van der Waals surface area contributed by atoms with E-state index < -0.39 is 41.8 Å². The molecule has 2 saturated heterocycles. The summed E-state index contributed by atoms with van der Waals surface area (Å²) in [5.74, 6) is -4.55. The van der Waals surface area contributed by atoms with Crippen molar-refractivity contribution in [2.75, 3.05) is 40.5 Å². The number of rotatable bonds is 7. The molecule has 4 aliphatic rings. The highest BCUT2D eigenvalue weighted by Crippen LogP contribution is 2.46. The molecule has 6 heterocycles. The SMILES string of the molecule is C[C@@H]1CN(c2ncc(Cl)c(Nc3ccc4c(c3)c3c(c(=O)n4C)OCC(F)(F)[C@H](C4CC4)N3)n2)CC[C@H]1Nc1ccc2c(C3CCC(=O)NC3=O)nn(C)c2c1F. The normalized spacial score (nSPS) is 23.4. The summed E-state index contributed by atoms with van der Waals surface area (Å²) >= 11 is 6.59. The minimum atomic E-state index is -3.16. The van der Waals surface area contributed by atoms with Crippen LogP contribution in [0.5, 0.6) is 5.75 Å². The van der Waals surface area contributed by atoms with Crippen molar-refractivity contribution in [3.8, 4) is 5.75 Å². The maximum atomic E-state index is 16.1. The van der Waals surface area contributed by atoms with Crippen LogP contribution in [0, 0.1) is 17.7 Å². The number of piperidine rings is 2. The third-order valence-electron chi connectivity index (χ3n) is 11.7. The quantitative estimate of drug-likeness (QED) is 0.147. The van der Waals surface area contributed by atoms with Gasteiger partial charge in [0, 0.05) is 56.1 Å². The van der Waals surface area contributed by atoms with Gasteiger partial charge in [0.05, 0.1) is 40.7 Å². The van der Waals surface area contributed by atoms with Crippen molar-refractivity contribution >= 4 is 74.0 Å². The van der Waals surface area contributed by atoms with E-state index in [4.69, 9.17) is 21.3 Å². The van der Waals surface area contributed by atoms with Gasteiger partial charge in [0.1, 0.15) is 10.5 Å². The molecule has 3 aliphatic heterocycles. The van der Waals surface area contributed by atoms with Crippen molar-refractivity contribution < 1.29 is 27.5 Å². The molecule has 0 bridgehead atoms. The summed E-state index contributed by atoms with van der Waals surface area (Å²) in [5, 5.41) is 17.8. The van der Waals surface area contributed by atoms with Crippen LogP contribution in [0.15, 0.2) is 41.3 Å². The molecular weight excluding hydrogens is 765 g/mol. The summed E-state index contributed by atoms with van der Waals surface area (Å²) in [6.45, 7) is 2.30. The highest BCUT2D eigenvalue weighted by molar-refractivity contribution is 6.33. The molecule has 4 atom stereocenters. The zero-order chi connectivity index (χ0) is 39.9. The van der Waals surface area contributed by atoms with Crippen LogP contribution in [0.4, 0.5) is 42.0 Å². The van der Waals surface area contributed by atoms with Gasteiger partial charge in [-0.05, 0) is 67.9 Å². The number of alkyl halides is 2. The van der Waals surface area contributed by atoms with Crippen LogP contribution in [0.3, 0.4) is 0 Å². The number of hydrogen-bond donors (Lipinski definition) is 4. The van der Waals surface area contributed by atoms with Gasteiger partial charge in [-0.2, -0.15) is 10.1 Å². The van der Waals surface area contributed by atoms with Gasteiger partial charge in [0.15, 0.2) is 18.2 Å². The lowest BCUT2D eigenvalue weighted by Gasteiger charge is -2.38. The molecule has 4 N–H and O–H groups in total. The second-order valence-electron chi connectivity index (χ2n) is 15.6. The summed E-state index contributed by atoms with van der Waals surface area (Å²) < 4.78 is 54.7. The molecule has 57 heavy (non-hydrogen) atoms. The Kier molecular flexibility index (Phi) is 8.97. The maximum absolute atomic E-state index is 16.1. The minimum Gasteiger partial charge on any atom is -0.480 e. The molecule has 1 unspecified atom stereocenters. The zero-order valence-electron chi connectivity index (χ0n) is 31.3. The number of nitrogens with zero attached hydrogens (tertiary/aromatic N) is 6. The Bertz CT molecular complexity index is 2540. The standard InChI is InChI=1S/C39H40ClF3N10O4/c1-18-16-53(13-12-25(18)46-26-9-7-21-30(50-52(3)32(21)29(26)41)22-8-11-28(54)47-36(22)55)38-44-15-24(40)35(49-38)45-20-6-10-27-23(14-20)31-33(37(56)51(27)2)57-17-39(42,43)34(48-31)19-4-5-19/h6-7,9-10,14-15,18-19,22,25,34,46,48H,4-5,8,11-13,16-17H2,1-3H3,(H,44,45,49)(H,47,54,55)/t18-,22?,25-,34+/m1/s1. The van der Waals surface area contributed by atoms with Gasteiger partial charge in [-0.25, -0.2) is 18.2 Å². The van der Waals surface area contributed by atoms with Crippen molar-refractivity contribution in [3.63, 3.8) is 0 Å². The number of fused-ring (bicyclic) bond motifs is 4. The van der Waals surface area contributed by atoms with Crippen LogP contribution in [-0.4, -0.2) is 73.8 Å². The maximum Gasteiger partial charge on any atom is 0.301 e. The van der Waals surface area contributed by atoms with Crippen molar-refractivity contribution in [3.05, 3.63) is 63.4 Å². The largest absolute Gasteiger partial charge is 0.480 e. The number of pyridine rings is 1. The van der Waals surface area contributed by atoms with E-state index in [0.29, 0.717) is 83.9 Å². The monoisotopic (exact) mass is 804 g/mol. The number of anilines is 5. The second kappa shape index (κ2) is 13.8. The number of ether oxygens (including phenoxy) is 1. The van der Waals surface area contributed by atoms with Crippen molar-refractivity contribution in [1.29, 1.82) is 0 Å². The molecule has 9 rings (SSSR count). The van der Waals surface area contributed by atoms with Crippen LogP contribution >= 0.6 is 11.6 Å². The first-order valence-corrected chi connectivity index (χ1v) is 19.4. The van der Waals surface area contributed by atoms with Gasteiger partial charge in [0.25, 0.3) is 5.56 Å².